The minimum atomic E-state index is 0.00834. The molecule has 92 valence electrons. The van der Waals surface area contributed by atoms with Gasteiger partial charge < -0.3 is 4.98 Å². The summed E-state index contributed by atoms with van der Waals surface area (Å²) in [6.07, 6.45) is 0. The third-order valence-electron chi connectivity index (χ3n) is 4.09. The smallest absolute Gasteiger partial charge is 0.256 e. The molecule has 0 fully saturated rings. The van der Waals surface area contributed by atoms with E-state index < -0.39 is 0 Å². The van der Waals surface area contributed by atoms with E-state index in [2.05, 4.69) is 36.2 Å². The lowest BCUT2D eigenvalue weighted by Crippen LogP contribution is -2.10. The van der Waals surface area contributed by atoms with Crippen LogP contribution in [0.15, 0.2) is 53.3 Å². The van der Waals surface area contributed by atoms with Crippen molar-refractivity contribution in [1.82, 2.24) is 4.98 Å². The number of hydrogen-bond donors (Lipinski definition) is 1. The molecule has 1 aromatic heterocycles. The fraction of sp³-hybridized carbons (Fsp3) is 0.118. The number of hydrogen-bond acceptors (Lipinski definition) is 1. The van der Waals surface area contributed by atoms with Crippen LogP contribution in [0, 0.1) is 0 Å². The molecular formula is C17H13NO. The lowest BCUT2D eigenvalue weighted by Gasteiger charge is -2.07. The van der Waals surface area contributed by atoms with E-state index in [9.17, 15) is 4.79 Å². The molecule has 0 aliphatic heterocycles. The second-order valence-electron chi connectivity index (χ2n) is 5.10. The molecule has 0 radical (unpaired) electrons. The summed E-state index contributed by atoms with van der Waals surface area (Å²) in [4.78, 5) is 15.3. The van der Waals surface area contributed by atoms with Gasteiger partial charge in [0.2, 0.25) is 0 Å². The first-order valence-electron chi connectivity index (χ1n) is 6.51. The fourth-order valence-corrected chi connectivity index (χ4v) is 3.17. The monoisotopic (exact) mass is 247 g/mol. The summed E-state index contributed by atoms with van der Waals surface area (Å²) in [7, 11) is 0. The molecule has 0 amide bonds. The Kier molecular flexibility index (Phi) is 1.99. The van der Waals surface area contributed by atoms with Crippen LogP contribution in [0.4, 0.5) is 0 Å². The molecule has 1 aliphatic carbocycles. The van der Waals surface area contributed by atoms with Crippen molar-refractivity contribution in [2.45, 2.75) is 12.8 Å². The quantitative estimate of drug-likeness (QED) is 0.646. The van der Waals surface area contributed by atoms with Gasteiger partial charge in [0.1, 0.15) is 0 Å². The molecule has 0 saturated carbocycles. The Balaban J connectivity index is 2.24. The molecule has 19 heavy (non-hydrogen) atoms. The van der Waals surface area contributed by atoms with Crippen LogP contribution in [0.5, 0.6) is 0 Å². The minimum absolute atomic E-state index is 0.00834. The van der Waals surface area contributed by atoms with Gasteiger partial charge in [-0.15, -0.1) is 0 Å². The Bertz CT molecular complexity index is 861. The maximum atomic E-state index is 12.2. The second-order valence-corrected chi connectivity index (χ2v) is 5.10. The fourth-order valence-electron chi connectivity index (χ4n) is 3.17. The van der Waals surface area contributed by atoms with Gasteiger partial charge in [0.25, 0.3) is 5.56 Å². The molecule has 2 aromatic carbocycles. The van der Waals surface area contributed by atoms with Crippen molar-refractivity contribution in [3.8, 4) is 11.1 Å². The number of nitrogens with one attached hydrogen (secondary N) is 1. The van der Waals surface area contributed by atoms with Crippen molar-refractivity contribution in [2.24, 2.45) is 0 Å². The summed E-state index contributed by atoms with van der Waals surface area (Å²) in [5.74, 6) is 0.253. The van der Waals surface area contributed by atoms with Crippen LogP contribution >= 0.6 is 0 Å². The molecule has 3 aromatic rings. The van der Waals surface area contributed by atoms with E-state index in [1.54, 1.807) is 0 Å². The van der Waals surface area contributed by atoms with Gasteiger partial charge >= 0.3 is 0 Å². The molecular weight excluding hydrogens is 234 g/mol. The maximum Gasteiger partial charge on any atom is 0.256 e. The number of aromatic amines is 1. The predicted molar refractivity (Wildman–Crippen MR) is 77.5 cm³/mol. The first-order valence-corrected chi connectivity index (χ1v) is 6.51. The van der Waals surface area contributed by atoms with Gasteiger partial charge in [-0.1, -0.05) is 49.4 Å². The summed E-state index contributed by atoms with van der Waals surface area (Å²) in [5, 5.41) is 1.82. The van der Waals surface area contributed by atoms with E-state index in [0.717, 1.165) is 16.5 Å². The molecule has 0 spiro atoms. The van der Waals surface area contributed by atoms with Crippen LogP contribution in [-0.2, 0) is 0 Å². The van der Waals surface area contributed by atoms with E-state index in [1.807, 2.05) is 24.3 Å². The van der Waals surface area contributed by atoms with Crippen LogP contribution in [-0.4, -0.2) is 4.98 Å². The van der Waals surface area contributed by atoms with E-state index >= 15 is 0 Å². The van der Waals surface area contributed by atoms with Crippen LogP contribution < -0.4 is 5.56 Å². The number of fused-ring (bicyclic) bond motifs is 5. The van der Waals surface area contributed by atoms with E-state index in [1.165, 1.54) is 16.7 Å². The predicted octanol–water partition coefficient (Wildman–Crippen LogP) is 3.66. The number of benzene rings is 2. The lowest BCUT2D eigenvalue weighted by molar-refractivity contribution is 0.899. The molecule has 2 heteroatoms. The maximum absolute atomic E-state index is 12.2. The van der Waals surface area contributed by atoms with Crippen molar-refractivity contribution in [2.75, 3.05) is 0 Å². The first kappa shape index (κ1) is 10.6. The summed E-state index contributed by atoms with van der Waals surface area (Å²) in [5.41, 5.74) is 4.79. The average Bonchev–Trinajstić information content (AvgIpc) is 2.73. The molecule has 0 bridgehead atoms. The largest absolute Gasteiger partial charge is 0.324 e. The van der Waals surface area contributed by atoms with Gasteiger partial charge in [-0.3, -0.25) is 4.79 Å². The number of rotatable bonds is 0. The number of pyridine rings is 1. The molecule has 2 nitrogen and oxygen atoms in total. The molecule has 1 heterocycles. The standard InChI is InChI=1S/C17H13NO/c1-10-11-6-2-3-7-12(11)15-13-8-4-5-9-14(13)17(19)18-16(10)15/h2-10H,1H3,(H,18,19). The highest BCUT2D eigenvalue weighted by molar-refractivity contribution is 6.00. The Morgan fingerprint density at radius 1 is 0.947 bits per heavy atom. The summed E-state index contributed by atoms with van der Waals surface area (Å²) < 4.78 is 0. The van der Waals surface area contributed by atoms with Crippen molar-refractivity contribution in [3.63, 3.8) is 0 Å². The SMILES string of the molecule is CC1c2ccccc2-c2c1[nH]c(=O)c1ccccc21. The van der Waals surface area contributed by atoms with Gasteiger partial charge in [0.05, 0.1) is 0 Å². The summed E-state index contributed by atoms with van der Waals surface area (Å²) >= 11 is 0. The van der Waals surface area contributed by atoms with Crippen molar-refractivity contribution >= 4 is 10.8 Å². The summed E-state index contributed by atoms with van der Waals surface area (Å²) in [6, 6.07) is 16.2. The zero-order valence-electron chi connectivity index (χ0n) is 10.6. The average molecular weight is 247 g/mol. The zero-order valence-corrected chi connectivity index (χ0v) is 10.6. The third-order valence-corrected chi connectivity index (χ3v) is 4.09. The van der Waals surface area contributed by atoms with Crippen molar-refractivity contribution < 1.29 is 0 Å². The van der Waals surface area contributed by atoms with Crippen LogP contribution in [0.25, 0.3) is 21.9 Å². The van der Waals surface area contributed by atoms with Crippen LogP contribution in [0.2, 0.25) is 0 Å². The highest BCUT2D eigenvalue weighted by atomic mass is 16.1. The molecule has 4 rings (SSSR count). The van der Waals surface area contributed by atoms with Gasteiger partial charge in [-0.05, 0) is 22.6 Å². The van der Waals surface area contributed by atoms with E-state index in [4.69, 9.17) is 0 Å². The van der Waals surface area contributed by atoms with Crippen molar-refractivity contribution in [1.29, 1.82) is 0 Å². The zero-order chi connectivity index (χ0) is 13.0. The van der Waals surface area contributed by atoms with Gasteiger partial charge in [-0.25, -0.2) is 0 Å². The Labute approximate surface area is 110 Å². The Morgan fingerprint density at radius 3 is 2.47 bits per heavy atom. The highest BCUT2D eigenvalue weighted by Gasteiger charge is 2.27. The number of aromatic nitrogens is 1. The van der Waals surface area contributed by atoms with Gasteiger partial charge in [0, 0.05) is 22.6 Å². The molecule has 1 aliphatic rings. The molecule has 1 N–H and O–H groups in total. The van der Waals surface area contributed by atoms with E-state index in [-0.39, 0.29) is 11.5 Å². The van der Waals surface area contributed by atoms with Crippen molar-refractivity contribution in [3.05, 3.63) is 70.1 Å². The Morgan fingerprint density at radius 2 is 1.63 bits per heavy atom. The van der Waals surface area contributed by atoms with Gasteiger partial charge in [-0.2, -0.15) is 0 Å². The summed E-state index contributed by atoms with van der Waals surface area (Å²) in [6.45, 7) is 2.15. The number of H-pyrrole nitrogens is 1. The highest BCUT2D eigenvalue weighted by Crippen LogP contribution is 2.45. The molecule has 1 atom stereocenters. The molecule has 0 saturated heterocycles. The van der Waals surface area contributed by atoms with Gasteiger partial charge in [0.15, 0.2) is 0 Å². The third kappa shape index (κ3) is 1.28. The normalized spacial score (nSPS) is 16.4. The minimum Gasteiger partial charge on any atom is -0.324 e. The molecule has 1 unspecified atom stereocenters. The van der Waals surface area contributed by atoms with Crippen LogP contribution in [0.1, 0.15) is 24.1 Å². The van der Waals surface area contributed by atoms with E-state index in [0.29, 0.717) is 0 Å². The lowest BCUT2D eigenvalue weighted by atomic mass is 10.0. The second kappa shape index (κ2) is 3.58. The Hall–Kier alpha value is -2.35. The van der Waals surface area contributed by atoms with Crippen LogP contribution in [0.3, 0.4) is 0 Å². The topological polar surface area (TPSA) is 32.9 Å². The first-order chi connectivity index (χ1) is 9.27.